The van der Waals surface area contributed by atoms with Gasteiger partial charge in [0, 0.05) is 68.8 Å². The molecule has 0 aromatic carbocycles. The molecule has 9 N–H and O–H groups in total. The first-order valence-corrected chi connectivity index (χ1v) is 25.0. The van der Waals surface area contributed by atoms with Crippen molar-refractivity contribution in [1.29, 1.82) is 0 Å². The molecule has 6 heterocycles. The topological polar surface area (TPSA) is 182 Å². The van der Waals surface area contributed by atoms with Gasteiger partial charge in [0.1, 0.15) is 36.9 Å². The number of methoxy groups -OCH3 is 1. The Bertz CT molecular complexity index is 1700. The van der Waals surface area contributed by atoms with Crippen LogP contribution in [-0.2, 0) is 9.47 Å². The van der Waals surface area contributed by atoms with E-state index in [0.29, 0.717) is 38.1 Å². The van der Waals surface area contributed by atoms with Crippen molar-refractivity contribution in [3.8, 4) is 0 Å². The van der Waals surface area contributed by atoms with E-state index in [4.69, 9.17) is 14.5 Å². The minimum absolute atomic E-state index is 0.0125. The number of aliphatic hydroxyl groups is 3. The number of halogens is 2. The number of hydrogen-bond acceptors (Lipinski definition) is 15. The van der Waals surface area contributed by atoms with Crippen LogP contribution < -0.4 is 26.7 Å². The maximum Gasteiger partial charge on any atom is 0.213 e. The molecule has 1 saturated carbocycles. The van der Waals surface area contributed by atoms with Crippen molar-refractivity contribution in [2.75, 3.05) is 33.3 Å². The molecule has 0 aromatic heterocycles. The number of rotatable bonds is 15. The van der Waals surface area contributed by atoms with E-state index in [1.165, 1.54) is 12.7 Å². The van der Waals surface area contributed by atoms with Gasteiger partial charge in [-0.15, -0.1) is 0 Å². The number of alkyl halides is 2. The molecule has 17 heteroatoms. The Morgan fingerprint density at radius 3 is 2.38 bits per heavy atom. The number of ether oxygens (including phenoxy) is 2. The third kappa shape index (κ3) is 9.14. The number of amidine groups is 1. The Hall–Kier alpha value is -1.71. The summed E-state index contributed by atoms with van der Waals surface area (Å²) >= 11 is 0. The number of nitrogens with zero attached hydrogens (tertiary/aromatic N) is 4. The summed E-state index contributed by atoms with van der Waals surface area (Å²) in [4.78, 5) is 11.6. The maximum absolute atomic E-state index is 17.6. The number of allylic oxidation sites excluding steroid dienone is 1. The standard InChI is InChI=1S/C47H79F2N9O6/c1-24(2)39(54-47(61)63-5)44(59)56-18-6-8-35(56)42-50-22-32(52-42)27-13-17-34-31(20-27)38(49)41-30-16-12-28(21-37(30)64-46(58(34)41)26-10-14-29(48)15-11-26)33-23-51-43(53-33)36-9-7-19-57(36)45(60)40(55-62)25(3)4/h10,13,24-25,28-42,44-47,50,52,54-55,59-62H,6-9,11-12,14-23H2,1-5H3,(H,51,53)/t28?,29?,30?,31?,32?,33?,34?,35-,36-,37?,38?,39-,40-,41?,42?,44+,45?,46?,47?/m0/s1. The lowest BCUT2D eigenvalue weighted by Gasteiger charge is -2.53. The van der Waals surface area contributed by atoms with Crippen LogP contribution in [0.3, 0.4) is 0 Å². The van der Waals surface area contributed by atoms with Crippen molar-refractivity contribution < 1.29 is 38.8 Å². The van der Waals surface area contributed by atoms with Gasteiger partial charge in [-0.05, 0) is 100 Å². The molecule has 6 fully saturated rings. The van der Waals surface area contributed by atoms with Gasteiger partial charge in [0.25, 0.3) is 0 Å². The molecule has 9 rings (SSSR count). The van der Waals surface area contributed by atoms with Gasteiger partial charge in [0.15, 0.2) is 0 Å². The van der Waals surface area contributed by atoms with E-state index >= 15 is 4.39 Å². The van der Waals surface area contributed by atoms with Gasteiger partial charge in [-0.25, -0.2) is 8.78 Å². The lowest BCUT2D eigenvalue weighted by Crippen LogP contribution is -2.61. The lowest BCUT2D eigenvalue weighted by molar-refractivity contribution is -0.199. The number of aliphatic hydroxyl groups excluding tert-OH is 3. The molecular weight excluding hydrogens is 825 g/mol. The van der Waals surface area contributed by atoms with Crippen molar-refractivity contribution in [1.82, 2.24) is 41.4 Å². The highest BCUT2D eigenvalue weighted by Crippen LogP contribution is 2.53. The number of aliphatic imine (C=N–C) groups is 1. The van der Waals surface area contributed by atoms with E-state index in [-0.39, 0.29) is 84.5 Å². The predicted octanol–water partition coefficient (Wildman–Crippen LogP) is 2.67. The van der Waals surface area contributed by atoms with Gasteiger partial charge in [-0.2, -0.15) is 5.48 Å². The SMILES string of the molecule is COC(O)N[C@@H](C(C)C)[C@@H](O)N1CCC[C@H]1C1NCC(C2=CCC3C(C2)C(F)C2C4CCC(C5CN=C([C@@H]6CCCN6C(O)[C@@H](NO)C(C)C)N5)CC4OC(C4=CCC(F)CC4)N32)N1. The van der Waals surface area contributed by atoms with Gasteiger partial charge < -0.3 is 35.3 Å². The first kappa shape index (κ1) is 47.4. The van der Waals surface area contributed by atoms with Crippen LogP contribution in [0.15, 0.2) is 28.3 Å². The molecule has 5 saturated heterocycles. The Morgan fingerprint density at radius 1 is 0.891 bits per heavy atom. The summed E-state index contributed by atoms with van der Waals surface area (Å²) in [6.45, 7) is 10.9. The third-order valence-electron chi connectivity index (χ3n) is 17.2. The van der Waals surface area contributed by atoms with E-state index in [2.05, 4.69) is 53.6 Å². The first-order chi connectivity index (χ1) is 30.9. The quantitative estimate of drug-likeness (QED) is 0.0665. The Labute approximate surface area is 379 Å². The molecule has 362 valence electrons. The van der Waals surface area contributed by atoms with E-state index in [1.807, 2.05) is 27.7 Å². The van der Waals surface area contributed by atoms with Crippen LogP contribution in [0.2, 0.25) is 0 Å². The van der Waals surface area contributed by atoms with Gasteiger partial charge >= 0.3 is 0 Å². The van der Waals surface area contributed by atoms with Crippen LogP contribution in [0.5, 0.6) is 0 Å². The summed E-state index contributed by atoms with van der Waals surface area (Å²) in [6, 6.07) is -0.866. The Morgan fingerprint density at radius 2 is 1.64 bits per heavy atom. The molecule has 0 radical (unpaired) electrons. The summed E-state index contributed by atoms with van der Waals surface area (Å²) in [5.74, 6) is 1.24. The van der Waals surface area contributed by atoms with Crippen LogP contribution in [-0.4, -0.2) is 172 Å². The Kier molecular flexibility index (Phi) is 14.9. The van der Waals surface area contributed by atoms with Crippen molar-refractivity contribution in [3.63, 3.8) is 0 Å². The van der Waals surface area contributed by atoms with E-state index in [9.17, 15) is 24.9 Å². The van der Waals surface area contributed by atoms with Gasteiger partial charge in [-0.1, -0.05) is 45.4 Å². The summed E-state index contributed by atoms with van der Waals surface area (Å²) in [7, 11) is 1.43. The van der Waals surface area contributed by atoms with Gasteiger partial charge in [0.05, 0.1) is 36.9 Å². The molecule has 3 aliphatic carbocycles. The molecule has 9 aliphatic rings. The van der Waals surface area contributed by atoms with Crippen LogP contribution in [0.4, 0.5) is 8.78 Å². The molecule has 6 aliphatic heterocycles. The van der Waals surface area contributed by atoms with Crippen LogP contribution in [0.25, 0.3) is 0 Å². The normalized spacial score (nSPS) is 42.1. The zero-order valence-electron chi connectivity index (χ0n) is 38.7. The molecule has 0 amide bonds. The fraction of sp³-hybridized carbons (Fsp3) is 0.894. The average Bonchev–Trinajstić information content (AvgIpc) is 4.15. The number of hydrogen-bond donors (Lipinski definition) is 9. The fourth-order valence-electron chi connectivity index (χ4n) is 13.7. The summed E-state index contributed by atoms with van der Waals surface area (Å²) in [5.41, 5.74) is 4.71. The van der Waals surface area contributed by atoms with Crippen LogP contribution in [0.1, 0.15) is 105 Å². The number of nitrogens with one attached hydrogen (secondary N) is 5. The monoisotopic (exact) mass is 904 g/mol. The number of fused-ring (bicyclic) bond motifs is 5. The largest absolute Gasteiger partial charge is 0.377 e. The third-order valence-corrected chi connectivity index (χ3v) is 17.2. The average molecular weight is 904 g/mol. The van der Waals surface area contributed by atoms with E-state index in [0.717, 1.165) is 82.4 Å². The maximum atomic E-state index is 17.6. The van der Waals surface area contributed by atoms with Crippen LogP contribution in [0, 0.1) is 29.6 Å². The minimum atomic E-state index is -1.17. The molecule has 0 bridgehead atoms. The zero-order chi connectivity index (χ0) is 45.0. The Balaban J connectivity index is 0.865. The summed E-state index contributed by atoms with van der Waals surface area (Å²) < 4.78 is 44.5. The molecule has 14 unspecified atom stereocenters. The van der Waals surface area contributed by atoms with Crippen molar-refractivity contribution in [2.24, 2.45) is 34.6 Å². The highest BCUT2D eigenvalue weighted by atomic mass is 19.1. The smallest absolute Gasteiger partial charge is 0.213 e. The minimum Gasteiger partial charge on any atom is -0.377 e. The molecule has 15 nitrogen and oxygen atoms in total. The number of hydroxylamine groups is 1. The second kappa shape index (κ2) is 20.1. The highest BCUT2D eigenvalue weighted by Gasteiger charge is 2.61. The predicted molar refractivity (Wildman–Crippen MR) is 239 cm³/mol. The molecule has 0 aromatic rings. The zero-order valence-corrected chi connectivity index (χ0v) is 38.7. The summed E-state index contributed by atoms with van der Waals surface area (Å²) in [6.07, 6.45) is 8.58. The molecule has 19 atom stereocenters. The van der Waals surface area contributed by atoms with Crippen molar-refractivity contribution in [2.45, 2.75) is 203 Å². The van der Waals surface area contributed by atoms with Gasteiger partial charge in [-0.3, -0.25) is 35.6 Å². The molecule has 64 heavy (non-hydrogen) atoms. The van der Waals surface area contributed by atoms with E-state index < -0.39 is 37.3 Å². The highest BCUT2D eigenvalue weighted by molar-refractivity contribution is 5.89. The summed E-state index contributed by atoms with van der Waals surface area (Å²) in [5, 5.41) is 57.4. The van der Waals surface area contributed by atoms with Crippen molar-refractivity contribution in [3.05, 3.63) is 23.3 Å². The lowest BCUT2D eigenvalue weighted by atomic mass is 9.71. The fourth-order valence-corrected chi connectivity index (χ4v) is 13.7. The molecular formula is C47H79F2N9O6. The number of likely N-dealkylation sites (tertiary alicyclic amines) is 2. The van der Waals surface area contributed by atoms with Gasteiger partial charge in [0.2, 0.25) is 6.41 Å². The second-order valence-electron chi connectivity index (χ2n) is 21.4. The second-order valence-corrected chi connectivity index (χ2v) is 21.4. The molecule has 0 spiro atoms. The first-order valence-electron chi connectivity index (χ1n) is 25.0. The van der Waals surface area contributed by atoms with Crippen LogP contribution >= 0.6 is 0 Å². The van der Waals surface area contributed by atoms with Crippen molar-refractivity contribution >= 4 is 5.84 Å². The van der Waals surface area contributed by atoms with E-state index in [1.54, 1.807) is 0 Å².